The van der Waals surface area contributed by atoms with Gasteiger partial charge >= 0.3 is 0 Å². The second-order valence-electron chi connectivity index (χ2n) is 7.31. The molecule has 7 nitrogen and oxygen atoms in total. The van der Waals surface area contributed by atoms with Crippen LogP contribution >= 0.6 is 11.3 Å². The van der Waals surface area contributed by atoms with Gasteiger partial charge in [-0.25, -0.2) is 14.4 Å². The Labute approximate surface area is 183 Å². The van der Waals surface area contributed by atoms with E-state index in [-0.39, 0.29) is 12.5 Å². The SMILES string of the molecule is CC.Cc1cc(F)c2c(c1)C(=O)N(C(C(=O)Nc1nccs1)c1ncn3c1CCC3)C2. The Morgan fingerprint density at radius 1 is 1.29 bits per heavy atom. The molecular weight excluding hydrogens is 417 g/mol. The lowest BCUT2D eigenvalue weighted by molar-refractivity contribution is -0.121. The number of thiazole rings is 1. The Morgan fingerprint density at radius 2 is 2.10 bits per heavy atom. The van der Waals surface area contributed by atoms with E-state index < -0.39 is 17.8 Å². The standard InChI is InChI=1S/C20H18FN5O2S.C2H6/c1-11-7-12-13(14(21)8-11)9-26(19(12)28)17(18(27)24-20-22-4-6-29-20)16-15-3-2-5-25(15)10-23-16;1-2/h4,6-8,10,17H,2-3,5,9H2,1H3,(H,22,24,27);1-2H3. The molecule has 0 aliphatic carbocycles. The molecule has 1 aromatic carbocycles. The fourth-order valence-corrected chi connectivity index (χ4v) is 4.67. The highest BCUT2D eigenvalue weighted by Crippen LogP contribution is 2.36. The van der Waals surface area contributed by atoms with Crippen LogP contribution in [0.5, 0.6) is 0 Å². The van der Waals surface area contributed by atoms with E-state index in [0.717, 1.165) is 25.1 Å². The summed E-state index contributed by atoms with van der Waals surface area (Å²) in [7, 11) is 0. The molecule has 1 N–H and O–H groups in total. The lowest BCUT2D eigenvalue weighted by Gasteiger charge is -2.26. The number of rotatable bonds is 4. The number of amides is 2. The molecule has 162 valence electrons. The molecule has 9 heteroatoms. The zero-order chi connectivity index (χ0) is 22.1. The average Bonchev–Trinajstić information content (AvgIpc) is 3.52. The molecular formula is C22H24FN5O2S. The molecule has 0 spiro atoms. The molecule has 1 atom stereocenters. The lowest BCUT2D eigenvalue weighted by atomic mass is 10.1. The number of aromatic nitrogens is 3. The molecule has 0 bridgehead atoms. The predicted octanol–water partition coefficient (Wildman–Crippen LogP) is 4.10. The van der Waals surface area contributed by atoms with E-state index in [9.17, 15) is 14.0 Å². The van der Waals surface area contributed by atoms with E-state index in [1.165, 1.54) is 22.3 Å². The molecule has 1 unspecified atom stereocenters. The van der Waals surface area contributed by atoms with Crippen molar-refractivity contribution in [2.24, 2.45) is 0 Å². The van der Waals surface area contributed by atoms with E-state index in [4.69, 9.17) is 0 Å². The van der Waals surface area contributed by atoms with Crippen LogP contribution < -0.4 is 5.32 Å². The molecule has 2 amide bonds. The Hall–Kier alpha value is -3.07. The maximum atomic E-state index is 14.5. The maximum Gasteiger partial charge on any atom is 0.255 e. The average molecular weight is 442 g/mol. The Bertz CT molecular complexity index is 1130. The number of hydrogen-bond donors (Lipinski definition) is 1. The van der Waals surface area contributed by atoms with Crippen molar-refractivity contribution in [1.82, 2.24) is 19.4 Å². The minimum absolute atomic E-state index is 0.0303. The number of carbonyl (C=O) groups is 2. The second kappa shape index (κ2) is 8.58. The van der Waals surface area contributed by atoms with Gasteiger partial charge in [0.25, 0.3) is 11.8 Å². The number of imidazole rings is 1. The number of nitrogens with zero attached hydrogens (tertiary/aromatic N) is 4. The number of carbonyl (C=O) groups excluding carboxylic acids is 2. The van der Waals surface area contributed by atoms with Gasteiger partial charge in [0.15, 0.2) is 11.2 Å². The number of halogens is 1. The van der Waals surface area contributed by atoms with E-state index in [1.54, 1.807) is 30.9 Å². The Kier molecular flexibility index (Phi) is 5.86. The number of anilines is 1. The van der Waals surface area contributed by atoms with Gasteiger partial charge in [-0.3, -0.25) is 14.9 Å². The van der Waals surface area contributed by atoms with Crippen molar-refractivity contribution in [3.8, 4) is 0 Å². The van der Waals surface area contributed by atoms with Crippen LogP contribution in [0.15, 0.2) is 30.0 Å². The van der Waals surface area contributed by atoms with Crippen LogP contribution in [-0.4, -0.2) is 31.2 Å². The minimum atomic E-state index is -0.951. The maximum absolute atomic E-state index is 14.5. The van der Waals surface area contributed by atoms with Crippen LogP contribution in [0, 0.1) is 12.7 Å². The number of benzene rings is 1. The zero-order valence-corrected chi connectivity index (χ0v) is 18.5. The third kappa shape index (κ3) is 3.74. The van der Waals surface area contributed by atoms with Crippen molar-refractivity contribution in [1.29, 1.82) is 0 Å². The number of aryl methyl sites for hydroxylation is 2. The number of hydrogen-bond acceptors (Lipinski definition) is 5. The largest absolute Gasteiger partial charge is 0.334 e. The summed E-state index contributed by atoms with van der Waals surface area (Å²) in [5, 5.41) is 4.99. The van der Waals surface area contributed by atoms with Gasteiger partial charge < -0.3 is 9.47 Å². The fraction of sp³-hybridized carbons (Fsp3) is 0.364. The molecule has 0 saturated heterocycles. The van der Waals surface area contributed by atoms with Gasteiger partial charge in [-0.1, -0.05) is 13.8 Å². The van der Waals surface area contributed by atoms with Crippen molar-refractivity contribution in [3.63, 3.8) is 0 Å². The van der Waals surface area contributed by atoms with Crippen LogP contribution in [0.2, 0.25) is 0 Å². The lowest BCUT2D eigenvalue weighted by Crippen LogP contribution is -2.38. The quantitative estimate of drug-likeness (QED) is 0.661. The van der Waals surface area contributed by atoms with E-state index in [0.29, 0.717) is 27.5 Å². The van der Waals surface area contributed by atoms with Crippen molar-refractivity contribution in [3.05, 3.63) is 63.9 Å². The highest BCUT2D eigenvalue weighted by molar-refractivity contribution is 7.13. The van der Waals surface area contributed by atoms with Gasteiger partial charge in [0, 0.05) is 34.9 Å². The normalized spacial score (nSPS) is 15.2. The van der Waals surface area contributed by atoms with Crippen molar-refractivity contribution in [2.75, 3.05) is 5.32 Å². The summed E-state index contributed by atoms with van der Waals surface area (Å²) in [5.41, 5.74) is 2.80. The van der Waals surface area contributed by atoms with E-state index in [2.05, 4.69) is 15.3 Å². The topological polar surface area (TPSA) is 80.1 Å². The summed E-state index contributed by atoms with van der Waals surface area (Å²) in [4.78, 5) is 36.4. The molecule has 31 heavy (non-hydrogen) atoms. The highest BCUT2D eigenvalue weighted by atomic mass is 32.1. The molecule has 2 aliphatic heterocycles. The second-order valence-corrected chi connectivity index (χ2v) is 8.20. The molecule has 2 aliphatic rings. The van der Waals surface area contributed by atoms with Crippen molar-refractivity contribution < 1.29 is 14.0 Å². The van der Waals surface area contributed by atoms with Gasteiger partial charge in [0.05, 0.1) is 18.6 Å². The summed E-state index contributed by atoms with van der Waals surface area (Å²) in [6.45, 7) is 6.61. The molecule has 0 saturated carbocycles. The summed E-state index contributed by atoms with van der Waals surface area (Å²) in [6.07, 6.45) is 5.06. The van der Waals surface area contributed by atoms with Gasteiger partial charge in [0.1, 0.15) is 5.82 Å². The van der Waals surface area contributed by atoms with Crippen LogP contribution in [0.3, 0.4) is 0 Å². The smallest absolute Gasteiger partial charge is 0.255 e. The summed E-state index contributed by atoms with van der Waals surface area (Å²) in [6, 6.07) is 2.13. The van der Waals surface area contributed by atoms with Gasteiger partial charge in [-0.2, -0.15) is 0 Å². The molecule has 2 aromatic heterocycles. The monoisotopic (exact) mass is 441 g/mol. The number of fused-ring (bicyclic) bond motifs is 2. The fourth-order valence-electron chi connectivity index (χ4n) is 4.13. The van der Waals surface area contributed by atoms with Crippen LogP contribution in [0.4, 0.5) is 9.52 Å². The van der Waals surface area contributed by atoms with Crippen LogP contribution in [0.25, 0.3) is 0 Å². The van der Waals surface area contributed by atoms with Crippen LogP contribution in [0.1, 0.15) is 59.2 Å². The first-order valence-electron chi connectivity index (χ1n) is 10.4. The minimum Gasteiger partial charge on any atom is -0.334 e. The summed E-state index contributed by atoms with van der Waals surface area (Å²) < 4.78 is 16.5. The van der Waals surface area contributed by atoms with E-state index >= 15 is 0 Å². The van der Waals surface area contributed by atoms with E-state index in [1.807, 2.05) is 18.4 Å². The van der Waals surface area contributed by atoms with Gasteiger partial charge in [-0.05, 0) is 37.5 Å². The molecule has 0 radical (unpaired) electrons. The van der Waals surface area contributed by atoms with Gasteiger partial charge in [-0.15, -0.1) is 11.3 Å². The van der Waals surface area contributed by atoms with Crippen molar-refractivity contribution >= 4 is 28.3 Å². The Balaban J connectivity index is 0.00000112. The zero-order valence-electron chi connectivity index (χ0n) is 17.7. The number of nitrogens with one attached hydrogen (secondary N) is 1. The molecule has 5 rings (SSSR count). The summed E-state index contributed by atoms with van der Waals surface area (Å²) >= 11 is 1.29. The summed E-state index contributed by atoms with van der Waals surface area (Å²) in [5.74, 6) is -1.18. The molecule has 4 heterocycles. The van der Waals surface area contributed by atoms with Crippen LogP contribution in [-0.2, 0) is 24.3 Å². The molecule has 3 aromatic rings. The van der Waals surface area contributed by atoms with Crippen molar-refractivity contribution in [2.45, 2.75) is 52.7 Å². The highest BCUT2D eigenvalue weighted by Gasteiger charge is 2.41. The third-order valence-electron chi connectivity index (χ3n) is 5.43. The third-order valence-corrected chi connectivity index (χ3v) is 6.12. The van der Waals surface area contributed by atoms with Gasteiger partial charge in [0.2, 0.25) is 0 Å². The Morgan fingerprint density at radius 3 is 2.84 bits per heavy atom. The first-order valence-corrected chi connectivity index (χ1v) is 11.2. The molecule has 0 fully saturated rings. The predicted molar refractivity (Wildman–Crippen MR) is 116 cm³/mol. The first-order chi connectivity index (χ1) is 15.0. The first kappa shape index (κ1) is 21.2.